The number of fused-ring (bicyclic) bond motifs is 9. The highest BCUT2D eigenvalue weighted by atomic mass is 32.2. The molecule has 0 aromatic heterocycles. The molecule has 3 aromatic carbocycles. The van der Waals surface area contributed by atoms with Crippen LogP contribution in [0, 0.1) is 13.8 Å². The van der Waals surface area contributed by atoms with Crippen LogP contribution in [0.15, 0.2) is 18.2 Å². The molecule has 1 spiro atoms. The van der Waals surface area contributed by atoms with Crippen molar-refractivity contribution in [3.05, 3.63) is 62.7 Å². The maximum atomic E-state index is 15.0. The van der Waals surface area contributed by atoms with Gasteiger partial charge in [-0.15, -0.1) is 11.8 Å². The number of thioether (sulfide) groups is 1. The van der Waals surface area contributed by atoms with Crippen LogP contribution in [0.2, 0.25) is 0 Å². The Hall–Kier alpha value is -4.57. The van der Waals surface area contributed by atoms with Crippen LogP contribution in [0.3, 0.4) is 0 Å². The number of benzene rings is 3. The Balaban J connectivity index is 1.23. The molecule has 7 heterocycles. The van der Waals surface area contributed by atoms with Crippen molar-refractivity contribution in [3.63, 3.8) is 0 Å². The van der Waals surface area contributed by atoms with Crippen LogP contribution < -0.4 is 38.5 Å². The van der Waals surface area contributed by atoms with Crippen molar-refractivity contribution in [1.82, 2.24) is 15.1 Å². The molecule has 3 aromatic rings. The van der Waals surface area contributed by atoms with E-state index in [-0.39, 0.29) is 42.5 Å². The smallest absolute Gasteiger partial charge is 0.496 e. The van der Waals surface area contributed by atoms with Crippen molar-refractivity contribution < 1.29 is 52.2 Å². The summed E-state index contributed by atoms with van der Waals surface area (Å²) in [7, 11) is 8.84. The number of methoxy groups -OCH3 is 4. The Bertz CT molecular complexity index is 2240. The van der Waals surface area contributed by atoms with E-state index in [0.717, 1.165) is 63.6 Å². The molecule has 0 amide bonds. The molecule has 15 heteroatoms. The fourth-order valence-corrected chi connectivity index (χ4v) is 12.2. The highest BCUT2D eigenvalue weighted by Crippen LogP contribution is 2.64. The van der Waals surface area contributed by atoms with E-state index in [1.807, 2.05) is 6.92 Å². The third-order valence-corrected chi connectivity index (χ3v) is 14.4. The highest BCUT2D eigenvalue weighted by Gasteiger charge is 2.59. The molecule has 1 N–H and O–H groups in total. The highest BCUT2D eigenvalue weighted by molar-refractivity contribution is 7.99. The topological polar surface area (TPSA) is 136 Å². The lowest BCUT2D eigenvalue weighted by Crippen LogP contribution is -2.65. The minimum atomic E-state index is -1.28. The number of carbonyl (C=O) groups excluding carboxylic acids is 2. The van der Waals surface area contributed by atoms with Gasteiger partial charge in [0.25, 0.3) is 0 Å². The van der Waals surface area contributed by atoms with Crippen LogP contribution in [0.1, 0.15) is 82.6 Å². The molecular formula is C44H53N3O11S. The molecule has 316 valence electrons. The van der Waals surface area contributed by atoms with Gasteiger partial charge in [-0.3, -0.25) is 15.1 Å². The van der Waals surface area contributed by atoms with Gasteiger partial charge in [0, 0.05) is 53.2 Å². The Labute approximate surface area is 349 Å². The molecule has 7 aliphatic heterocycles. The standard InChI is InChI=1S/C44H53N3O11S/c1-21-13-24-14-25-17-47-27-18-54-41(48)44(26-16-28(50-7)29(15-23(26)11-12-45-44)57-42(49)58-43(3,4)5)19-59-40(32-31(27)39-37(55-20-56-39)22(2)36(32)52-9)34(47)33(46(25)6)30(24)38(53-10)35(21)51-8/h13,15-16,25,27,33-34,40,45H,11-12,14,17-20H2,1-10H3/t25?,27?,33?,34?,40?,44-/m1/s1. The number of rotatable bonds is 5. The molecule has 2 saturated heterocycles. The van der Waals surface area contributed by atoms with Crippen LogP contribution in [-0.4, -0.2) is 107 Å². The summed E-state index contributed by atoms with van der Waals surface area (Å²) in [5.74, 6) is 3.97. The van der Waals surface area contributed by atoms with E-state index in [9.17, 15) is 9.59 Å². The van der Waals surface area contributed by atoms with Crippen LogP contribution in [0.25, 0.3) is 0 Å². The van der Waals surface area contributed by atoms with Gasteiger partial charge in [0.2, 0.25) is 6.79 Å². The van der Waals surface area contributed by atoms with Gasteiger partial charge < -0.3 is 42.6 Å². The van der Waals surface area contributed by atoms with Crippen LogP contribution in [-0.2, 0) is 32.6 Å². The number of aryl methyl sites for hydroxylation is 1. The summed E-state index contributed by atoms with van der Waals surface area (Å²) in [4.78, 5) is 32.8. The van der Waals surface area contributed by atoms with Gasteiger partial charge in [-0.05, 0) is 88.9 Å². The molecule has 14 nitrogen and oxygen atoms in total. The molecule has 0 saturated carbocycles. The molecule has 10 rings (SSSR count). The number of carbonyl (C=O) groups is 2. The van der Waals surface area contributed by atoms with Crippen molar-refractivity contribution >= 4 is 23.9 Å². The zero-order valence-electron chi connectivity index (χ0n) is 35.4. The van der Waals surface area contributed by atoms with Gasteiger partial charge in [-0.25, -0.2) is 9.59 Å². The van der Waals surface area contributed by atoms with Crippen molar-refractivity contribution in [1.29, 1.82) is 0 Å². The largest absolute Gasteiger partial charge is 0.514 e. The second kappa shape index (κ2) is 14.6. The van der Waals surface area contributed by atoms with Gasteiger partial charge in [-0.2, -0.15) is 0 Å². The van der Waals surface area contributed by atoms with Gasteiger partial charge in [0.15, 0.2) is 40.0 Å². The Morgan fingerprint density at radius 1 is 0.898 bits per heavy atom. The van der Waals surface area contributed by atoms with E-state index in [1.54, 1.807) is 66.0 Å². The number of hydrogen-bond donors (Lipinski definition) is 1. The molecular weight excluding hydrogens is 779 g/mol. The molecule has 7 aliphatic rings. The van der Waals surface area contributed by atoms with E-state index in [4.69, 9.17) is 42.6 Å². The molecule has 6 atom stereocenters. The third kappa shape index (κ3) is 6.08. The predicted molar refractivity (Wildman–Crippen MR) is 219 cm³/mol. The molecule has 0 aliphatic carbocycles. The lowest BCUT2D eigenvalue weighted by atomic mass is 9.73. The van der Waals surface area contributed by atoms with Gasteiger partial charge in [0.05, 0.1) is 45.8 Å². The number of ether oxygens (including phenoxy) is 9. The van der Waals surface area contributed by atoms with E-state index in [0.29, 0.717) is 41.5 Å². The summed E-state index contributed by atoms with van der Waals surface area (Å²) in [5, 5.41) is 3.38. The average molecular weight is 832 g/mol. The SMILES string of the molecule is COc1cc2c(cc1OC(=O)OC(C)(C)C)CCN[C@]21CSC2c3c(OC)c(C)c4c(c3C(COC1=O)N1CC3Cc5cc(C)c(OC)c(OC)c5C(C21)N3C)OCO4. The Morgan fingerprint density at radius 2 is 1.64 bits per heavy atom. The number of likely N-dealkylation sites (N-methyl/N-ethyl adjacent to an activating group) is 1. The summed E-state index contributed by atoms with van der Waals surface area (Å²) in [6.07, 6.45) is 0.563. The number of nitrogens with one attached hydrogen (secondary N) is 1. The Morgan fingerprint density at radius 3 is 2.36 bits per heavy atom. The maximum Gasteiger partial charge on any atom is 0.514 e. The second-order valence-electron chi connectivity index (χ2n) is 17.2. The quantitative estimate of drug-likeness (QED) is 0.235. The zero-order chi connectivity index (χ0) is 41.7. The predicted octanol–water partition coefficient (Wildman–Crippen LogP) is 6.09. The van der Waals surface area contributed by atoms with Gasteiger partial charge in [0.1, 0.15) is 18.0 Å². The molecule has 5 unspecified atom stereocenters. The molecule has 0 radical (unpaired) electrons. The van der Waals surface area contributed by atoms with Gasteiger partial charge >= 0.3 is 12.1 Å². The van der Waals surface area contributed by atoms with Crippen molar-refractivity contribution in [3.8, 4) is 40.2 Å². The molecule has 2 fully saturated rings. The first kappa shape index (κ1) is 39.9. The van der Waals surface area contributed by atoms with Gasteiger partial charge in [-0.1, -0.05) is 6.07 Å². The van der Waals surface area contributed by atoms with Crippen LogP contribution in [0.5, 0.6) is 40.2 Å². The van der Waals surface area contributed by atoms with Crippen molar-refractivity contribution in [2.45, 2.75) is 88.0 Å². The fourth-order valence-electron chi connectivity index (χ4n) is 10.5. The van der Waals surface area contributed by atoms with E-state index >= 15 is 0 Å². The summed E-state index contributed by atoms with van der Waals surface area (Å²) in [5.41, 5.74) is 5.75. The average Bonchev–Trinajstić information content (AvgIpc) is 3.68. The normalized spacial score (nSPS) is 26.8. The van der Waals surface area contributed by atoms with E-state index in [2.05, 4.69) is 35.2 Å². The summed E-state index contributed by atoms with van der Waals surface area (Å²) >= 11 is 1.70. The first-order chi connectivity index (χ1) is 28.2. The Kier molecular flexibility index (Phi) is 9.84. The monoisotopic (exact) mass is 831 g/mol. The summed E-state index contributed by atoms with van der Waals surface area (Å²) in [6.45, 7) is 10.8. The second-order valence-corrected chi connectivity index (χ2v) is 18.3. The van der Waals surface area contributed by atoms with Crippen LogP contribution in [0.4, 0.5) is 4.79 Å². The van der Waals surface area contributed by atoms with E-state index < -0.39 is 29.3 Å². The number of esters is 1. The molecule has 4 bridgehead atoms. The summed E-state index contributed by atoms with van der Waals surface area (Å²) < 4.78 is 54.7. The minimum Gasteiger partial charge on any atom is -0.496 e. The lowest BCUT2D eigenvalue weighted by Gasteiger charge is -2.60. The fraction of sp³-hybridized carbons (Fsp3) is 0.545. The first-order valence-corrected chi connectivity index (χ1v) is 21.2. The zero-order valence-corrected chi connectivity index (χ0v) is 36.2. The summed E-state index contributed by atoms with van der Waals surface area (Å²) in [6, 6.07) is 5.36. The van der Waals surface area contributed by atoms with Crippen molar-refractivity contribution in [2.75, 3.05) is 67.7 Å². The van der Waals surface area contributed by atoms with Crippen LogP contribution >= 0.6 is 11.8 Å². The maximum absolute atomic E-state index is 15.0. The van der Waals surface area contributed by atoms with E-state index in [1.165, 1.54) is 12.7 Å². The number of nitrogens with zero attached hydrogens (tertiary/aromatic N) is 2. The lowest BCUT2D eigenvalue weighted by molar-refractivity contribution is -0.156. The van der Waals surface area contributed by atoms with Crippen molar-refractivity contribution in [2.24, 2.45) is 0 Å². The number of piperazine rings is 1. The third-order valence-electron chi connectivity index (χ3n) is 12.9. The minimum absolute atomic E-state index is 0.0574. The number of hydrogen-bond acceptors (Lipinski definition) is 15. The first-order valence-electron chi connectivity index (χ1n) is 20.1. The molecule has 59 heavy (non-hydrogen) atoms.